The highest BCUT2D eigenvalue weighted by Crippen LogP contribution is 2.36. The highest BCUT2D eigenvalue weighted by Gasteiger charge is 2.44. The van der Waals surface area contributed by atoms with Gasteiger partial charge in [-0.3, -0.25) is 9.59 Å². The third-order valence-electron chi connectivity index (χ3n) is 3.49. The summed E-state index contributed by atoms with van der Waals surface area (Å²) in [7, 11) is 1.65. The molecule has 4 heteroatoms. The molecule has 4 nitrogen and oxygen atoms in total. The van der Waals surface area contributed by atoms with Crippen molar-refractivity contribution in [3.8, 4) is 0 Å². The minimum Gasteiger partial charge on any atom is -0.359 e. The van der Waals surface area contributed by atoms with Gasteiger partial charge in [-0.1, -0.05) is 0 Å². The van der Waals surface area contributed by atoms with Crippen LogP contribution in [0.3, 0.4) is 0 Å². The summed E-state index contributed by atoms with van der Waals surface area (Å²) in [5.74, 6) is 0.563. The summed E-state index contributed by atoms with van der Waals surface area (Å²) in [5, 5.41) is 2.67. The van der Waals surface area contributed by atoms with Gasteiger partial charge in [-0.2, -0.15) is 0 Å². The van der Waals surface area contributed by atoms with Gasteiger partial charge in [0.1, 0.15) is 0 Å². The van der Waals surface area contributed by atoms with Gasteiger partial charge in [-0.15, -0.1) is 0 Å². The summed E-state index contributed by atoms with van der Waals surface area (Å²) in [6.45, 7) is 3.26. The lowest BCUT2D eigenvalue weighted by Gasteiger charge is -2.22. The Hall–Kier alpha value is -1.06. The lowest BCUT2D eigenvalue weighted by Crippen LogP contribution is -2.40. The molecule has 0 spiro atoms. The number of hydrogen-bond donors (Lipinski definition) is 1. The van der Waals surface area contributed by atoms with Gasteiger partial charge in [0.05, 0.1) is 5.41 Å². The molecule has 2 aliphatic rings. The molecule has 2 rings (SSSR count). The predicted molar refractivity (Wildman–Crippen MR) is 56.1 cm³/mol. The van der Waals surface area contributed by atoms with Crippen molar-refractivity contribution in [1.82, 2.24) is 10.2 Å². The number of carbonyl (C=O) groups excluding carboxylic acids is 2. The summed E-state index contributed by atoms with van der Waals surface area (Å²) in [5.41, 5.74) is -0.376. The molecular formula is C11H18N2O2. The zero-order chi connectivity index (χ0) is 11.1. The Morgan fingerprint density at radius 1 is 1.40 bits per heavy atom. The second kappa shape index (κ2) is 3.51. The monoisotopic (exact) mass is 210 g/mol. The molecule has 1 unspecified atom stereocenters. The van der Waals surface area contributed by atoms with Crippen molar-refractivity contribution in [1.29, 1.82) is 0 Å². The first kappa shape index (κ1) is 10.5. The van der Waals surface area contributed by atoms with Crippen molar-refractivity contribution in [2.75, 3.05) is 20.1 Å². The largest absolute Gasteiger partial charge is 0.359 e. The van der Waals surface area contributed by atoms with E-state index in [-0.39, 0.29) is 23.1 Å². The Kier molecular flexibility index (Phi) is 2.44. The highest BCUT2D eigenvalue weighted by molar-refractivity contribution is 5.86. The van der Waals surface area contributed by atoms with E-state index in [1.165, 1.54) is 0 Å². The van der Waals surface area contributed by atoms with Crippen LogP contribution in [0.5, 0.6) is 0 Å². The molecule has 0 aromatic heterocycles. The lowest BCUT2D eigenvalue weighted by atomic mass is 9.89. The van der Waals surface area contributed by atoms with Crippen LogP contribution in [0, 0.1) is 11.3 Å². The van der Waals surface area contributed by atoms with E-state index in [9.17, 15) is 9.59 Å². The second-order valence-electron chi connectivity index (χ2n) is 4.92. The van der Waals surface area contributed by atoms with Crippen LogP contribution < -0.4 is 5.32 Å². The van der Waals surface area contributed by atoms with Crippen molar-refractivity contribution in [3.05, 3.63) is 0 Å². The third-order valence-corrected chi connectivity index (χ3v) is 3.49. The fourth-order valence-electron chi connectivity index (χ4n) is 2.22. The molecule has 0 aromatic rings. The van der Waals surface area contributed by atoms with Gasteiger partial charge in [-0.25, -0.2) is 0 Å². The van der Waals surface area contributed by atoms with Gasteiger partial charge in [-0.05, 0) is 26.2 Å². The summed E-state index contributed by atoms with van der Waals surface area (Å²) < 4.78 is 0. The number of nitrogens with zero attached hydrogens (tertiary/aromatic N) is 1. The summed E-state index contributed by atoms with van der Waals surface area (Å²) in [6, 6.07) is 0. The average Bonchev–Trinajstić information content (AvgIpc) is 3.00. The molecule has 15 heavy (non-hydrogen) atoms. The maximum Gasteiger partial charge on any atom is 0.227 e. The zero-order valence-electron chi connectivity index (χ0n) is 9.38. The van der Waals surface area contributed by atoms with Crippen molar-refractivity contribution in [2.45, 2.75) is 26.2 Å². The number of likely N-dealkylation sites (tertiary alicyclic amines) is 1. The minimum atomic E-state index is -0.376. The number of carbonyl (C=O) groups is 2. The van der Waals surface area contributed by atoms with Crippen LogP contribution in [0.25, 0.3) is 0 Å². The van der Waals surface area contributed by atoms with Crippen LogP contribution in [-0.2, 0) is 9.59 Å². The SMILES string of the molecule is CNC(=O)C1(C)CCN(C(=O)C2CC2)C1. The maximum absolute atomic E-state index is 11.8. The maximum atomic E-state index is 11.8. The quantitative estimate of drug-likeness (QED) is 0.716. The number of nitrogens with one attached hydrogen (secondary N) is 1. The Morgan fingerprint density at radius 2 is 2.07 bits per heavy atom. The molecule has 0 radical (unpaired) electrons. The van der Waals surface area contributed by atoms with Crippen LogP contribution in [0.4, 0.5) is 0 Å². The van der Waals surface area contributed by atoms with Gasteiger partial charge >= 0.3 is 0 Å². The third kappa shape index (κ3) is 1.85. The molecular weight excluding hydrogens is 192 g/mol. The number of amides is 2. The fourth-order valence-corrected chi connectivity index (χ4v) is 2.22. The zero-order valence-corrected chi connectivity index (χ0v) is 9.38. The van der Waals surface area contributed by atoms with E-state index in [2.05, 4.69) is 5.32 Å². The van der Waals surface area contributed by atoms with Crippen molar-refractivity contribution in [2.24, 2.45) is 11.3 Å². The summed E-state index contributed by atoms with van der Waals surface area (Å²) >= 11 is 0. The molecule has 1 saturated heterocycles. The molecule has 1 saturated carbocycles. The smallest absolute Gasteiger partial charge is 0.227 e. The van der Waals surface area contributed by atoms with E-state index >= 15 is 0 Å². The van der Waals surface area contributed by atoms with Crippen LogP contribution in [-0.4, -0.2) is 36.9 Å². The predicted octanol–water partition coefficient (Wildman–Crippen LogP) is 0.381. The Morgan fingerprint density at radius 3 is 2.60 bits per heavy atom. The van der Waals surface area contributed by atoms with E-state index in [0.29, 0.717) is 6.54 Å². The standard InChI is InChI=1S/C11H18N2O2/c1-11(10(15)12-2)5-6-13(7-11)9(14)8-3-4-8/h8H,3-7H2,1-2H3,(H,12,15). The molecule has 0 bridgehead atoms. The first-order chi connectivity index (χ1) is 7.07. The summed E-state index contributed by atoms with van der Waals surface area (Å²) in [4.78, 5) is 25.3. The van der Waals surface area contributed by atoms with Crippen LogP contribution in [0.2, 0.25) is 0 Å². The van der Waals surface area contributed by atoms with Crippen LogP contribution in [0.1, 0.15) is 26.2 Å². The normalized spacial score (nSPS) is 30.4. The van der Waals surface area contributed by atoms with Gasteiger partial charge in [0.2, 0.25) is 11.8 Å². The lowest BCUT2D eigenvalue weighted by molar-refractivity contribution is -0.133. The van der Waals surface area contributed by atoms with Crippen molar-refractivity contribution < 1.29 is 9.59 Å². The Bertz CT molecular complexity index is 299. The molecule has 1 aliphatic carbocycles. The highest BCUT2D eigenvalue weighted by atomic mass is 16.2. The van der Waals surface area contributed by atoms with E-state index in [1.54, 1.807) is 7.05 Å². The van der Waals surface area contributed by atoms with Crippen LogP contribution in [0.15, 0.2) is 0 Å². The molecule has 1 atom stereocenters. The number of hydrogen-bond acceptors (Lipinski definition) is 2. The molecule has 2 fully saturated rings. The first-order valence-corrected chi connectivity index (χ1v) is 5.58. The Labute approximate surface area is 90.0 Å². The Balaban J connectivity index is 1.98. The topological polar surface area (TPSA) is 49.4 Å². The molecule has 1 aliphatic heterocycles. The molecule has 2 amide bonds. The van der Waals surface area contributed by atoms with Crippen molar-refractivity contribution in [3.63, 3.8) is 0 Å². The molecule has 84 valence electrons. The molecule has 1 N–H and O–H groups in total. The van der Waals surface area contributed by atoms with E-state index in [4.69, 9.17) is 0 Å². The first-order valence-electron chi connectivity index (χ1n) is 5.58. The molecule has 0 aromatic carbocycles. The number of rotatable bonds is 2. The van der Waals surface area contributed by atoms with Gasteiger partial charge in [0.15, 0.2) is 0 Å². The summed E-state index contributed by atoms with van der Waals surface area (Å²) in [6.07, 6.45) is 2.85. The van der Waals surface area contributed by atoms with E-state index < -0.39 is 0 Å². The van der Waals surface area contributed by atoms with E-state index in [1.807, 2.05) is 11.8 Å². The minimum absolute atomic E-state index is 0.0496. The van der Waals surface area contributed by atoms with Crippen molar-refractivity contribution >= 4 is 11.8 Å². The fraction of sp³-hybridized carbons (Fsp3) is 0.818. The van der Waals surface area contributed by atoms with Gasteiger partial charge in [0, 0.05) is 26.1 Å². The average molecular weight is 210 g/mol. The second-order valence-corrected chi connectivity index (χ2v) is 4.92. The van der Waals surface area contributed by atoms with E-state index in [0.717, 1.165) is 25.8 Å². The van der Waals surface area contributed by atoms with Gasteiger partial charge < -0.3 is 10.2 Å². The molecule has 1 heterocycles. The van der Waals surface area contributed by atoms with Gasteiger partial charge in [0.25, 0.3) is 0 Å². The van der Waals surface area contributed by atoms with Crippen LogP contribution >= 0.6 is 0 Å².